The zero-order valence-electron chi connectivity index (χ0n) is 14.4. The Hall–Kier alpha value is -2.08. The van der Waals surface area contributed by atoms with Crippen molar-refractivity contribution in [1.29, 1.82) is 0 Å². The Kier molecular flexibility index (Phi) is 4.37. The summed E-state index contributed by atoms with van der Waals surface area (Å²) >= 11 is 0. The molecule has 3 aliphatic heterocycles. The number of nitrogens with one attached hydrogen (secondary N) is 1. The molecule has 3 aliphatic rings. The van der Waals surface area contributed by atoms with E-state index in [9.17, 15) is 9.59 Å². The molecule has 3 saturated heterocycles. The van der Waals surface area contributed by atoms with E-state index in [2.05, 4.69) is 22.3 Å². The second-order valence-corrected chi connectivity index (χ2v) is 7.36. The van der Waals surface area contributed by atoms with E-state index in [1.54, 1.807) is 0 Å². The molecule has 1 N–H and O–H groups in total. The minimum atomic E-state index is -0.334. The second-order valence-electron chi connectivity index (χ2n) is 7.36. The minimum absolute atomic E-state index is 0.188. The van der Waals surface area contributed by atoms with Gasteiger partial charge in [-0.3, -0.25) is 9.69 Å². The highest BCUT2D eigenvalue weighted by Gasteiger charge is 2.44. The van der Waals surface area contributed by atoms with Crippen LogP contribution in [0.15, 0.2) is 30.3 Å². The molecule has 1 atom stereocenters. The van der Waals surface area contributed by atoms with E-state index in [0.29, 0.717) is 19.7 Å². The van der Waals surface area contributed by atoms with Gasteiger partial charge in [0.1, 0.15) is 12.6 Å². The highest BCUT2D eigenvalue weighted by atomic mass is 16.6. The smallest absolute Gasteiger partial charge is 0.407 e. The lowest BCUT2D eigenvalue weighted by molar-refractivity contribution is -0.138. The van der Waals surface area contributed by atoms with Crippen molar-refractivity contribution >= 4 is 12.0 Å². The monoisotopic (exact) mass is 343 g/mol. The van der Waals surface area contributed by atoms with E-state index in [4.69, 9.17) is 4.74 Å². The Morgan fingerprint density at radius 3 is 2.36 bits per heavy atom. The van der Waals surface area contributed by atoms with Gasteiger partial charge < -0.3 is 15.0 Å². The van der Waals surface area contributed by atoms with Gasteiger partial charge in [-0.05, 0) is 44.3 Å². The predicted octanol–water partition coefficient (Wildman–Crippen LogP) is 1.92. The molecule has 0 radical (unpaired) electrons. The molecule has 3 heterocycles. The Morgan fingerprint density at radius 2 is 1.76 bits per heavy atom. The van der Waals surface area contributed by atoms with Gasteiger partial charge >= 0.3 is 6.09 Å². The number of piperidine rings is 1. The summed E-state index contributed by atoms with van der Waals surface area (Å²) in [5.41, 5.74) is 0.802. The Labute approximate surface area is 148 Å². The SMILES string of the molecule is O=C1NC2(CCN(C(=O)[C@@H](c3ccccc3)N3CCCC3)CC2)CO1. The third-order valence-corrected chi connectivity index (χ3v) is 5.73. The number of hydrogen-bond acceptors (Lipinski definition) is 4. The number of nitrogens with zero attached hydrogens (tertiary/aromatic N) is 2. The van der Waals surface area contributed by atoms with Gasteiger partial charge in [-0.1, -0.05) is 30.3 Å². The Balaban J connectivity index is 1.48. The van der Waals surface area contributed by atoms with Crippen molar-refractivity contribution in [3.63, 3.8) is 0 Å². The molecule has 4 rings (SSSR count). The zero-order valence-corrected chi connectivity index (χ0v) is 14.4. The summed E-state index contributed by atoms with van der Waals surface area (Å²) in [5, 5.41) is 2.94. The van der Waals surface area contributed by atoms with E-state index in [1.807, 2.05) is 23.1 Å². The van der Waals surface area contributed by atoms with Gasteiger partial charge in [0.25, 0.3) is 0 Å². The fraction of sp³-hybridized carbons (Fsp3) is 0.579. The molecule has 1 aromatic rings. The Bertz CT molecular complexity index is 635. The highest BCUT2D eigenvalue weighted by molar-refractivity contribution is 5.83. The third-order valence-electron chi connectivity index (χ3n) is 5.73. The number of alkyl carbamates (subject to hydrolysis) is 1. The van der Waals surface area contributed by atoms with Crippen LogP contribution in [0.4, 0.5) is 4.79 Å². The summed E-state index contributed by atoms with van der Waals surface area (Å²) in [6.07, 6.45) is 3.49. The van der Waals surface area contributed by atoms with Crippen molar-refractivity contribution in [2.45, 2.75) is 37.3 Å². The molecule has 0 aromatic heterocycles. The van der Waals surface area contributed by atoms with Crippen LogP contribution in [0.3, 0.4) is 0 Å². The number of amides is 2. The number of carbonyl (C=O) groups is 2. The molecule has 6 nitrogen and oxygen atoms in total. The summed E-state index contributed by atoms with van der Waals surface area (Å²) in [5.74, 6) is 0.188. The maximum atomic E-state index is 13.3. The van der Waals surface area contributed by atoms with Crippen LogP contribution in [-0.4, -0.2) is 60.1 Å². The van der Waals surface area contributed by atoms with Crippen molar-refractivity contribution in [2.24, 2.45) is 0 Å². The number of likely N-dealkylation sites (tertiary alicyclic amines) is 2. The van der Waals surface area contributed by atoms with Crippen LogP contribution >= 0.6 is 0 Å². The first-order valence-electron chi connectivity index (χ1n) is 9.20. The van der Waals surface area contributed by atoms with Gasteiger partial charge in [0.2, 0.25) is 5.91 Å². The average Bonchev–Trinajstić information content (AvgIpc) is 3.27. The van der Waals surface area contributed by atoms with Gasteiger partial charge in [0, 0.05) is 13.1 Å². The number of cyclic esters (lactones) is 1. The molecule has 25 heavy (non-hydrogen) atoms. The fourth-order valence-electron chi connectivity index (χ4n) is 4.23. The number of benzene rings is 1. The lowest BCUT2D eigenvalue weighted by Gasteiger charge is -2.40. The highest BCUT2D eigenvalue weighted by Crippen LogP contribution is 2.31. The van der Waals surface area contributed by atoms with Crippen LogP contribution in [0, 0.1) is 0 Å². The van der Waals surface area contributed by atoms with Gasteiger partial charge in [-0.2, -0.15) is 0 Å². The summed E-state index contributed by atoms with van der Waals surface area (Å²) < 4.78 is 5.08. The number of rotatable bonds is 3. The normalized spacial score (nSPS) is 24.2. The third kappa shape index (κ3) is 3.23. The molecular formula is C19H25N3O3. The maximum absolute atomic E-state index is 13.3. The van der Waals surface area contributed by atoms with Crippen LogP contribution < -0.4 is 5.32 Å². The molecule has 134 valence electrons. The maximum Gasteiger partial charge on any atom is 0.407 e. The van der Waals surface area contributed by atoms with E-state index in [0.717, 1.165) is 44.3 Å². The summed E-state index contributed by atoms with van der Waals surface area (Å²) in [7, 11) is 0. The topological polar surface area (TPSA) is 61.9 Å². The van der Waals surface area contributed by atoms with Gasteiger partial charge in [0.05, 0.1) is 5.54 Å². The summed E-state index contributed by atoms with van der Waals surface area (Å²) in [6.45, 7) is 3.71. The van der Waals surface area contributed by atoms with Crippen molar-refractivity contribution < 1.29 is 14.3 Å². The molecule has 2 amide bonds. The quantitative estimate of drug-likeness (QED) is 0.911. The first-order valence-corrected chi connectivity index (χ1v) is 9.20. The molecule has 1 spiro atoms. The summed E-state index contributed by atoms with van der Waals surface area (Å²) in [6, 6.07) is 9.91. The van der Waals surface area contributed by atoms with E-state index in [1.165, 1.54) is 0 Å². The van der Waals surface area contributed by atoms with Crippen LogP contribution in [0.1, 0.15) is 37.3 Å². The average molecular weight is 343 g/mol. The van der Waals surface area contributed by atoms with Crippen LogP contribution in [0.2, 0.25) is 0 Å². The fourth-order valence-corrected chi connectivity index (χ4v) is 4.23. The van der Waals surface area contributed by atoms with E-state index >= 15 is 0 Å². The van der Waals surface area contributed by atoms with E-state index in [-0.39, 0.29) is 23.6 Å². The van der Waals surface area contributed by atoms with Crippen molar-refractivity contribution in [3.8, 4) is 0 Å². The molecule has 0 unspecified atom stereocenters. The second kappa shape index (κ2) is 6.67. The van der Waals surface area contributed by atoms with Crippen molar-refractivity contribution in [2.75, 3.05) is 32.8 Å². The van der Waals surface area contributed by atoms with Gasteiger partial charge in [0.15, 0.2) is 0 Å². The Morgan fingerprint density at radius 1 is 1.08 bits per heavy atom. The number of hydrogen-bond donors (Lipinski definition) is 1. The number of carbonyl (C=O) groups excluding carboxylic acids is 2. The number of ether oxygens (including phenoxy) is 1. The lowest BCUT2D eigenvalue weighted by Crippen LogP contribution is -2.55. The molecule has 0 bridgehead atoms. The molecule has 0 aliphatic carbocycles. The van der Waals surface area contributed by atoms with Gasteiger partial charge in [-0.25, -0.2) is 4.79 Å². The first-order chi connectivity index (χ1) is 12.2. The largest absolute Gasteiger partial charge is 0.447 e. The van der Waals surface area contributed by atoms with Crippen molar-refractivity contribution in [1.82, 2.24) is 15.1 Å². The standard InChI is InChI=1S/C19H25N3O3/c23-17(22-12-8-19(9-13-22)14-25-18(24)20-19)16(21-10-4-5-11-21)15-6-2-1-3-7-15/h1-3,6-7,16H,4-5,8-14H2,(H,20,24)/t16-/m1/s1. The van der Waals surface area contributed by atoms with Crippen molar-refractivity contribution in [3.05, 3.63) is 35.9 Å². The zero-order chi connectivity index (χ0) is 17.3. The lowest BCUT2D eigenvalue weighted by atomic mass is 9.88. The predicted molar refractivity (Wildman–Crippen MR) is 93.0 cm³/mol. The van der Waals surface area contributed by atoms with Crippen LogP contribution in [-0.2, 0) is 9.53 Å². The first kappa shape index (κ1) is 16.4. The summed E-state index contributed by atoms with van der Waals surface area (Å²) in [4.78, 5) is 29.0. The minimum Gasteiger partial charge on any atom is -0.447 e. The van der Waals surface area contributed by atoms with Crippen LogP contribution in [0.5, 0.6) is 0 Å². The van der Waals surface area contributed by atoms with Crippen LogP contribution in [0.25, 0.3) is 0 Å². The molecule has 1 aromatic carbocycles. The molecule has 3 fully saturated rings. The molecule has 6 heteroatoms. The molecular weight excluding hydrogens is 318 g/mol. The van der Waals surface area contributed by atoms with Gasteiger partial charge in [-0.15, -0.1) is 0 Å². The van der Waals surface area contributed by atoms with E-state index < -0.39 is 0 Å². The molecule has 0 saturated carbocycles.